The fourth-order valence-corrected chi connectivity index (χ4v) is 3.23. The molecule has 0 amide bonds. The average Bonchev–Trinajstić information content (AvgIpc) is 3.05. The lowest BCUT2D eigenvalue weighted by atomic mass is 10.0. The summed E-state index contributed by atoms with van der Waals surface area (Å²) >= 11 is 3.61. The fourth-order valence-electron chi connectivity index (χ4n) is 2.27. The predicted octanol–water partition coefficient (Wildman–Crippen LogP) is 4.28. The van der Waals surface area contributed by atoms with E-state index in [1.807, 2.05) is 0 Å². The van der Waals surface area contributed by atoms with Crippen molar-refractivity contribution in [2.75, 3.05) is 0 Å². The molecule has 1 aliphatic carbocycles. The lowest BCUT2D eigenvalue weighted by molar-refractivity contribution is 0.605. The van der Waals surface area contributed by atoms with Crippen molar-refractivity contribution >= 4 is 15.9 Å². The van der Waals surface area contributed by atoms with E-state index in [2.05, 4.69) is 47.3 Å². The minimum Gasteiger partial charge on any atom is -0.343 e. The molecule has 0 N–H and O–H groups in total. The Bertz CT molecular complexity index is 449. The molecule has 0 bridgehead atoms. The molecule has 0 aromatic carbocycles. The van der Waals surface area contributed by atoms with Crippen LogP contribution in [0.1, 0.15) is 62.0 Å². The summed E-state index contributed by atoms with van der Waals surface area (Å²) in [6, 6.07) is 2.96. The first-order chi connectivity index (χ1) is 7.61. The van der Waals surface area contributed by atoms with Crippen molar-refractivity contribution in [2.24, 2.45) is 0 Å². The van der Waals surface area contributed by atoms with Gasteiger partial charge in [0.25, 0.3) is 0 Å². The van der Waals surface area contributed by atoms with Crippen LogP contribution in [0.25, 0.3) is 0 Å². The Labute approximate surface area is 105 Å². The van der Waals surface area contributed by atoms with E-state index in [-0.39, 0.29) is 0 Å². The summed E-state index contributed by atoms with van der Waals surface area (Å²) in [4.78, 5) is 0. The molecule has 2 rings (SSSR count). The number of aromatic nitrogens is 1. The van der Waals surface area contributed by atoms with Crippen LogP contribution in [0.15, 0.2) is 4.47 Å². The Morgan fingerprint density at radius 3 is 2.62 bits per heavy atom. The third kappa shape index (κ3) is 1.69. The number of nitriles is 1. The molecule has 0 aliphatic heterocycles. The standard InChI is InChI=1S/C13H17BrN2/c1-4-8(2)13-12(14)11(7-15)9(3)16(13)10-5-6-10/h8,10H,4-6H2,1-3H3. The highest BCUT2D eigenvalue weighted by atomic mass is 79.9. The molecule has 1 atom stereocenters. The molecule has 1 fully saturated rings. The first-order valence-electron chi connectivity index (χ1n) is 5.92. The summed E-state index contributed by atoms with van der Waals surface area (Å²) in [6.45, 7) is 6.50. The van der Waals surface area contributed by atoms with Crippen LogP contribution in [-0.2, 0) is 0 Å². The lowest BCUT2D eigenvalue weighted by Crippen LogP contribution is -2.05. The molecule has 16 heavy (non-hydrogen) atoms. The van der Waals surface area contributed by atoms with Gasteiger partial charge in [-0.2, -0.15) is 5.26 Å². The number of nitrogens with zero attached hydrogens (tertiary/aromatic N) is 2. The number of halogens is 1. The summed E-state index contributed by atoms with van der Waals surface area (Å²) in [7, 11) is 0. The van der Waals surface area contributed by atoms with Crippen LogP contribution in [-0.4, -0.2) is 4.57 Å². The van der Waals surface area contributed by atoms with Crippen LogP contribution >= 0.6 is 15.9 Å². The number of hydrogen-bond acceptors (Lipinski definition) is 1. The monoisotopic (exact) mass is 280 g/mol. The second kappa shape index (κ2) is 4.25. The molecule has 3 heteroatoms. The van der Waals surface area contributed by atoms with Crippen molar-refractivity contribution in [3.05, 3.63) is 21.4 Å². The van der Waals surface area contributed by atoms with E-state index in [0.29, 0.717) is 12.0 Å². The van der Waals surface area contributed by atoms with Crippen LogP contribution in [0, 0.1) is 18.3 Å². The molecular formula is C13H17BrN2. The second-order valence-corrected chi connectivity index (χ2v) is 5.47. The van der Waals surface area contributed by atoms with E-state index >= 15 is 0 Å². The summed E-state index contributed by atoms with van der Waals surface area (Å²) in [5.74, 6) is 0.510. The van der Waals surface area contributed by atoms with Crippen LogP contribution in [0.3, 0.4) is 0 Å². The Morgan fingerprint density at radius 2 is 2.19 bits per heavy atom. The van der Waals surface area contributed by atoms with Gasteiger partial charge in [-0.05, 0) is 48.0 Å². The fraction of sp³-hybridized carbons (Fsp3) is 0.615. The molecule has 0 saturated heterocycles. The molecule has 0 spiro atoms. The van der Waals surface area contributed by atoms with Gasteiger partial charge in [0.1, 0.15) is 6.07 Å². The third-order valence-electron chi connectivity index (χ3n) is 3.53. The zero-order valence-corrected chi connectivity index (χ0v) is 11.6. The van der Waals surface area contributed by atoms with Crippen molar-refractivity contribution in [2.45, 2.75) is 52.0 Å². The summed E-state index contributed by atoms with van der Waals surface area (Å²) in [5, 5.41) is 9.20. The van der Waals surface area contributed by atoms with Gasteiger partial charge in [-0.15, -0.1) is 0 Å². The molecule has 1 aromatic heterocycles. The van der Waals surface area contributed by atoms with Crippen LogP contribution in [0.5, 0.6) is 0 Å². The van der Waals surface area contributed by atoms with Crippen molar-refractivity contribution in [1.29, 1.82) is 5.26 Å². The molecule has 86 valence electrons. The predicted molar refractivity (Wildman–Crippen MR) is 68.6 cm³/mol. The summed E-state index contributed by atoms with van der Waals surface area (Å²) in [6.07, 6.45) is 3.63. The van der Waals surface area contributed by atoms with E-state index < -0.39 is 0 Å². The molecule has 1 saturated carbocycles. The van der Waals surface area contributed by atoms with E-state index in [9.17, 15) is 5.26 Å². The van der Waals surface area contributed by atoms with Gasteiger partial charge in [0, 0.05) is 17.4 Å². The molecule has 1 aromatic rings. The van der Waals surface area contributed by atoms with E-state index in [4.69, 9.17) is 0 Å². The van der Waals surface area contributed by atoms with Gasteiger partial charge in [0.2, 0.25) is 0 Å². The summed E-state index contributed by atoms with van der Waals surface area (Å²) in [5.41, 5.74) is 3.27. The Kier molecular flexibility index (Phi) is 3.12. The maximum absolute atomic E-state index is 9.20. The van der Waals surface area contributed by atoms with E-state index in [0.717, 1.165) is 22.2 Å². The maximum atomic E-state index is 9.20. The minimum atomic E-state index is 0.510. The zero-order valence-electron chi connectivity index (χ0n) is 10.0. The highest BCUT2D eigenvalue weighted by Gasteiger charge is 2.31. The topological polar surface area (TPSA) is 28.7 Å². The van der Waals surface area contributed by atoms with Crippen molar-refractivity contribution < 1.29 is 0 Å². The van der Waals surface area contributed by atoms with Crippen molar-refractivity contribution in [3.8, 4) is 6.07 Å². The SMILES string of the molecule is CCC(C)c1c(Br)c(C#N)c(C)n1C1CC1. The zero-order chi connectivity index (χ0) is 11.9. The normalized spacial score (nSPS) is 17.2. The van der Waals surface area contributed by atoms with E-state index in [1.165, 1.54) is 18.5 Å². The van der Waals surface area contributed by atoms with Gasteiger partial charge in [0.05, 0.1) is 10.0 Å². The molecular weight excluding hydrogens is 264 g/mol. The van der Waals surface area contributed by atoms with Gasteiger partial charge in [-0.25, -0.2) is 0 Å². The van der Waals surface area contributed by atoms with Gasteiger partial charge in [0.15, 0.2) is 0 Å². The van der Waals surface area contributed by atoms with Gasteiger partial charge in [-0.1, -0.05) is 13.8 Å². The molecule has 0 radical (unpaired) electrons. The second-order valence-electron chi connectivity index (χ2n) is 4.68. The van der Waals surface area contributed by atoms with Gasteiger partial charge < -0.3 is 4.57 Å². The average molecular weight is 281 g/mol. The molecule has 1 heterocycles. The largest absolute Gasteiger partial charge is 0.343 e. The lowest BCUT2D eigenvalue weighted by Gasteiger charge is -2.15. The first-order valence-corrected chi connectivity index (χ1v) is 6.71. The number of hydrogen-bond donors (Lipinski definition) is 0. The van der Waals surface area contributed by atoms with Gasteiger partial charge >= 0.3 is 0 Å². The van der Waals surface area contributed by atoms with Crippen LogP contribution < -0.4 is 0 Å². The van der Waals surface area contributed by atoms with Gasteiger partial charge in [-0.3, -0.25) is 0 Å². The molecule has 1 unspecified atom stereocenters. The third-order valence-corrected chi connectivity index (χ3v) is 4.33. The number of rotatable bonds is 3. The quantitative estimate of drug-likeness (QED) is 0.813. The Morgan fingerprint density at radius 1 is 1.56 bits per heavy atom. The highest BCUT2D eigenvalue weighted by molar-refractivity contribution is 9.10. The van der Waals surface area contributed by atoms with Crippen LogP contribution in [0.4, 0.5) is 0 Å². The molecule has 2 nitrogen and oxygen atoms in total. The Hall–Kier alpha value is -0.750. The summed E-state index contributed by atoms with van der Waals surface area (Å²) < 4.78 is 3.41. The van der Waals surface area contributed by atoms with Crippen molar-refractivity contribution in [1.82, 2.24) is 4.57 Å². The van der Waals surface area contributed by atoms with Crippen LogP contribution in [0.2, 0.25) is 0 Å². The Balaban J connectivity index is 2.60. The van der Waals surface area contributed by atoms with Crippen molar-refractivity contribution in [3.63, 3.8) is 0 Å². The smallest absolute Gasteiger partial charge is 0.102 e. The van der Waals surface area contributed by atoms with E-state index in [1.54, 1.807) is 0 Å². The molecule has 1 aliphatic rings. The minimum absolute atomic E-state index is 0.510. The maximum Gasteiger partial charge on any atom is 0.102 e. The first kappa shape index (κ1) is 11.7. The highest BCUT2D eigenvalue weighted by Crippen LogP contribution is 2.44.